The van der Waals surface area contributed by atoms with Crippen molar-refractivity contribution in [1.82, 2.24) is 14.2 Å². The zero-order valence-corrected chi connectivity index (χ0v) is 25.3. The Morgan fingerprint density at radius 2 is 1.59 bits per heavy atom. The maximum Gasteiger partial charge on any atom is 0.379 e. The van der Waals surface area contributed by atoms with E-state index in [-0.39, 0.29) is 18.3 Å². The number of aryl methyl sites for hydroxylation is 1. The van der Waals surface area contributed by atoms with Gasteiger partial charge in [-0.2, -0.15) is 12.7 Å². The van der Waals surface area contributed by atoms with Crippen LogP contribution in [0.2, 0.25) is 10.0 Å². The number of hydrogen-bond donors (Lipinski definition) is 1. The summed E-state index contributed by atoms with van der Waals surface area (Å²) in [5.41, 5.74) is 1.20. The van der Waals surface area contributed by atoms with Crippen molar-refractivity contribution >= 4 is 39.3 Å². The fraction of sp³-hybridized carbons (Fsp3) is 0.615. The molecular formula is C26H41Cl3N4O3S. The second-order valence-corrected chi connectivity index (χ2v) is 12.3. The van der Waals surface area contributed by atoms with Gasteiger partial charge in [0.05, 0.1) is 17.1 Å². The van der Waals surface area contributed by atoms with E-state index in [1.807, 2.05) is 4.57 Å². The predicted molar refractivity (Wildman–Crippen MR) is 147 cm³/mol. The molecule has 0 aliphatic carbocycles. The Bertz CT molecular complexity index is 1080. The van der Waals surface area contributed by atoms with Crippen LogP contribution in [0.25, 0.3) is 0 Å². The predicted octanol–water partition coefficient (Wildman–Crippen LogP) is 2.63. The first kappa shape index (κ1) is 33.7. The quantitative estimate of drug-likeness (QED) is 0.226. The van der Waals surface area contributed by atoms with E-state index in [0.29, 0.717) is 28.6 Å². The molecule has 0 aliphatic heterocycles. The van der Waals surface area contributed by atoms with Crippen LogP contribution < -0.4 is 21.7 Å². The van der Waals surface area contributed by atoms with E-state index in [2.05, 4.69) is 12.2 Å². The Balaban J connectivity index is 0.00000684. The van der Waals surface area contributed by atoms with Crippen molar-refractivity contribution in [3.63, 3.8) is 0 Å². The zero-order valence-electron chi connectivity index (χ0n) is 22.2. The summed E-state index contributed by atoms with van der Waals surface area (Å²) < 4.78 is 29.7. The van der Waals surface area contributed by atoms with Crippen molar-refractivity contribution in [2.24, 2.45) is 0 Å². The van der Waals surface area contributed by atoms with Crippen LogP contribution in [0.4, 0.5) is 0 Å². The normalized spacial score (nSPS) is 11.5. The average molecular weight is 596 g/mol. The third kappa shape index (κ3) is 11.1. The number of carbonyl (C=O) groups is 1. The highest BCUT2D eigenvalue weighted by molar-refractivity contribution is 7.82. The van der Waals surface area contributed by atoms with Gasteiger partial charge in [-0.15, -0.1) is 3.97 Å². The Hall–Kier alpha value is -1.32. The molecule has 0 saturated carbocycles. The molecule has 7 nitrogen and oxygen atoms in total. The molecule has 37 heavy (non-hydrogen) atoms. The summed E-state index contributed by atoms with van der Waals surface area (Å²) in [7, 11) is -0.590. The minimum atomic E-state index is -3.61. The number of halogens is 3. The minimum Gasteiger partial charge on any atom is -1.00 e. The summed E-state index contributed by atoms with van der Waals surface area (Å²) in [5, 5.41) is 3.62. The first-order chi connectivity index (χ1) is 17.2. The molecule has 0 saturated heterocycles. The summed E-state index contributed by atoms with van der Waals surface area (Å²) in [6, 6.07) is 4.74. The molecule has 11 heteroatoms. The number of nitrogens with zero attached hydrogens (tertiary/aromatic N) is 3. The SMILES string of the molecule is CCCCCCCCCCCCn1c[n+](S(=O)(=O)N(C)C)cc1CCNC(=O)c1ccc(Cl)cc1Cl.[Cl-]. The van der Waals surface area contributed by atoms with Gasteiger partial charge >= 0.3 is 10.2 Å². The van der Waals surface area contributed by atoms with E-state index in [4.69, 9.17) is 23.2 Å². The van der Waals surface area contributed by atoms with E-state index in [1.54, 1.807) is 24.7 Å². The Kier molecular flexibility index (Phi) is 15.8. The molecule has 2 aromatic rings. The zero-order chi connectivity index (χ0) is 26.6. The van der Waals surface area contributed by atoms with Gasteiger partial charge in [0.1, 0.15) is 5.69 Å². The van der Waals surface area contributed by atoms with Gasteiger partial charge in [0.25, 0.3) is 12.2 Å². The van der Waals surface area contributed by atoms with Crippen LogP contribution in [0.3, 0.4) is 0 Å². The maximum atomic E-state index is 12.7. The van der Waals surface area contributed by atoms with Crippen molar-refractivity contribution in [2.75, 3.05) is 20.6 Å². The number of benzene rings is 1. The molecule has 0 aliphatic rings. The van der Waals surface area contributed by atoms with Gasteiger partial charge in [-0.05, 0) is 31.0 Å². The van der Waals surface area contributed by atoms with E-state index in [9.17, 15) is 13.2 Å². The molecular weight excluding hydrogens is 555 g/mol. The molecule has 1 N–H and O–H groups in total. The van der Waals surface area contributed by atoms with Gasteiger partial charge in [-0.1, -0.05) is 81.5 Å². The van der Waals surface area contributed by atoms with Crippen molar-refractivity contribution in [3.8, 4) is 0 Å². The van der Waals surface area contributed by atoms with Crippen LogP contribution in [0.1, 0.15) is 87.2 Å². The van der Waals surface area contributed by atoms with Gasteiger partial charge in [0.15, 0.2) is 6.20 Å². The molecule has 0 bridgehead atoms. The summed E-state index contributed by atoms with van der Waals surface area (Å²) in [6.07, 6.45) is 16.2. The lowest BCUT2D eigenvalue weighted by Gasteiger charge is -2.07. The van der Waals surface area contributed by atoms with Gasteiger partial charge in [0, 0.05) is 32.1 Å². The van der Waals surface area contributed by atoms with Crippen LogP contribution in [-0.2, 0) is 23.2 Å². The number of carbonyl (C=O) groups excluding carboxylic acids is 1. The van der Waals surface area contributed by atoms with Crippen molar-refractivity contribution in [1.29, 1.82) is 0 Å². The fourth-order valence-electron chi connectivity index (χ4n) is 4.03. The highest BCUT2D eigenvalue weighted by Gasteiger charge is 2.26. The number of hydrogen-bond acceptors (Lipinski definition) is 3. The van der Waals surface area contributed by atoms with Gasteiger partial charge in [0.2, 0.25) is 0 Å². The molecule has 1 aromatic carbocycles. The average Bonchev–Trinajstić information content (AvgIpc) is 3.23. The van der Waals surface area contributed by atoms with Crippen LogP contribution >= 0.6 is 23.2 Å². The first-order valence-electron chi connectivity index (χ1n) is 12.9. The summed E-state index contributed by atoms with van der Waals surface area (Å²) >= 11 is 12.0. The van der Waals surface area contributed by atoms with Crippen molar-refractivity contribution in [3.05, 3.63) is 52.0 Å². The third-order valence-corrected chi connectivity index (χ3v) is 8.42. The monoisotopic (exact) mass is 594 g/mol. The molecule has 0 fully saturated rings. The fourth-order valence-corrected chi connectivity index (χ4v) is 5.39. The molecule has 1 amide bonds. The maximum absolute atomic E-state index is 12.7. The molecule has 0 radical (unpaired) electrons. The van der Waals surface area contributed by atoms with Crippen molar-refractivity contribution in [2.45, 2.75) is 84.1 Å². The third-order valence-electron chi connectivity index (χ3n) is 6.22. The van der Waals surface area contributed by atoms with Crippen molar-refractivity contribution < 1.29 is 29.6 Å². The second kappa shape index (κ2) is 17.3. The molecule has 1 heterocycles. The number of rotatable bonds is 17. The van der Waals surface area contributed by atoms with E-state index >= 15 is 0 Å². The first-order valence-corrected chi connectivity index (χ1v) is 15.1. The van der Waals surface area contributed by atoms with Crippen LogP contribution in [-0.4, -0.2) is 43.8 Å². The van der Waals surface area contributed by atoms with E-state index in [1.165, 1.54) is 79.8 Å². The summed E-state index contributed by atoms with van der Waals surface area (Å²) in [4.78, 5) is 12.5. The number of imidazole rings is 1. The van der Waals surface area contributed by atoms with E-state index < -0.39 is 10.2 Å². The van der Waals surface area contributed by atoms with Crippen LogP contribution in [0, 0.1) is 0 Å². The molecule has 0 atom stereocenters. The largest absolute Gasteiger partial charge is 1.00 e. The lowest BCUT2D eigenvalue weighted by Crippen LogP contribution is -3.00. The van der Waals surface area contributed by atoms with Crippen LogP contribution in [0.5, 0.6) is 0 Å². The Labute approximate surface area is 239 Å². The smallest absolute Gasteiger partial charge is 0.379 e. The topological polar surface area (TPSA) is 75.3 Å². The number of unbranched alkanes of at least 4 members (excludes halogenated alkanes) is 9. The second-order valence-electron chi connectivity index (χ2n) is 9.36. The number of aromatic nitrogens is 2. The van der Waals surface area contributed by atoms with Gasteiger partial charge in [-0.3, -0.25) is 4.79 Å². The summed E-state index contributed by atoms with van der Waals surface area (Å²) in [5.74, 6) is -0.293. The van der Waals surface area contributed by atoms with Gasteiger partial charge < -0.3 is 17.7 Å². The molecule has 2 rings (SSSR count). The Morgan fingerprint density at radius 1 is 1.00 bits per heavy atom. The minimum absolute atomic E-state index is 0. The standard InChI is InChI=1S/C26H40Cl2N4O3S.ClH/c1-4-5-6-7-8-9-10-11-12-13-18-31-21-32(36(34,35)30(2)3)20-23(31)16-17-29-26(33)24-15-14-22(27)19-25(24)28;/h14-15,19-21H,4-13,16-18H2,1-3H3;1H. The number of amides is 1. The van der Waals surface area contributed by atoms with E-state index in [0.717, 1.165) is 25.1 Å². The molecule has 1 aromatic heterocycles. The highest BCUT2D eigenvalue weighted by atomic mass is 35.5. The Morgan fingerprint density at radius 3 is 2.16 bits per heavy atom. The lowest BCUT2D eigenvalue weighted by atomic mass is 10.1. The molecule has 210 valence electrons. The van der Waals surface area contributed by atoms with Gasteiger partial charge in [-0.25, -0.2) is 4.57 Å². The molecule has 0 unspecified atom stereocenters. The highest BCUT2D eigenvalue weighted by Crippen LogP contribution is 2.20. The number of nitrogens with one attached hydrogen (secondary N) is 1. The summed E-state index contributed by atoms with van der Waals surface area (Å²) in [6.45, 7) is 3.32. The lowest BCUT2D eigenvalue weighted by molar-refractivity contribution is -0.515. The van der Waals surface area contributed by atoms with Crippen LogP contribution in [0.15, 0.2) is 30.7 Å². The molecule has 0 spiro atoms.